The number of amides is 2. The molecule has 1 aliphatic rings. The van der Waals surface area contributed by atoms with E-state index in [9.17, 15) is 9.59 Å². The highest BCUT2D eigenvalue weighted by molar-refractivity contribution is 6.29. The number of carbonyl (C=O) groups is 2. The minimum Gasteiger partial charge on any atom is -0.477 e. The van der Waals surface area contributed by atoms with Crippen molar-refractivity contribution >= 4 is 29.1 Å². The Morgan fingerprint density at radius 2 is 2.03 bits per heavy atom. The number of hydrogen-bond acceptors (Lipinski definition) is 5. The summed E-state index contributed by atoms with van der Waals surface area (Å²) in [5, 5.41) is 7.03. The van der Waals surface area contributed by atoms with Gasteiger partial charge in [0.25, 0.3) is 5.91 Å². The third-order valence-electron chi connectivity index (χ3n) is 5.22. The number of nitrogens with one attached hydrogen (secondary N) is 1. The van der Waals surface area contributed by atoms with Gasteiger partial charge in [0.05, 0.1) is 17.9 Å². The van der Waals surface area contributed by atoms with Gasteiger partial charge in [-0.15, -0.1) is 0 Å². The van der Waals surface area contributed by atoms with Crippen LogP contribution in [0.25, 0.3) is 0 Å². The molecule has 0 bridgehead atoms. The van der Waals surface area contributed by atoms with Gasteiger partial charge >= 0.3 is 0 Å². The number of halogens is 1. The molecule has 3 rings (SSSR count). The molecule has 7 nitrogen and oxygen atoms in total. The molecular formula is C21H26ClN3O4. The lowest BCUT2D eigenvalue weighted by Gasteiger charge is -2.34. The number of hydrogen-bond donors (Lipinski definition) is 1. The number of carbonyl (C=O) groups excluding carboxylic acids is 2. The molecule has 2 aromatic rings. The molecule has 0 saturated carbocycles. The Labute approximate surface area is 175 Å². The van der Waals surface area contributed by atoms with E-state index in [0.29, 0.717) is 23.6 Å². The molecule has 0 spiro atoms. The number of fused-ring (bicyclic) bond motifs is 1. The molecule has 1 aromatic heterocycles. The largest absolute Gasteiger partial charge is 0.477 e. The first-order valence-electron chi connectivity index (χ1n) is 9.91. The number of aromatic nitrogens is 1. The fraction of sp³-hybridized carbons (Fsp3) is 0.476. The van der Waals surface area contributed by atoms with Crippen LogP contribution in [0.1, 0.15) is 44.4 Å². The van der Waals surface area contributed by atoms with E-state index in [0.717, 1.165) is 18.4 Å². The number of para-hydroxylation sites is 2. The van der Waals surface area contributed by atoms with E-state index in [2.05, 4.69) is 10.5 Å². The second-order valence-corrected chi connectivity index (χ2v) is 7.46. The van der Waals surface area contributed by atoms with Crippen molar-refractivity contribution < 1.29 is 18.8 Å². The van der Waals surface area contributed by atoms with Crippen LogP contribution in [0.4, 0.5) is 5.69 Å². The van der Waals surface area contributed by atoms with E-state index < -0.39 is 6.10 Å². The summed E-state index contributed by atoms with van der Waals surface area (Å²) in [5.74, 6) is 0.206. The van der Waals surface area contributed by atoms with Crippen LogP contribution in [0, 0.1) is 6.92 Å². The summed E-state index contributed by atoms with van der Waals surface area (Å²) in [6.45, 7) is 6.01. The van der Waals surface area contributed by atoms with Gasteiger partial charge in [-0.1, -0.05) is 31.1 Å². The van der Waals surface area contributed by atoms with Crippen molar-refractivity contribution in [1.82, 2.24) is 10.5 Å². The molecule has 0 aliphatic carbocycles. The monoisotopic (exact) mass is 419 g/mol. The zero-order chi connectivity index (χ0) is 21.0. The van der Waals surface area contributed by atoms with Crippen molar-refractivity contribution in [3.63, 3.8) is 0 Å². The van der Waals surface area contributed by atoms with Crippen LogP contribution < -0.4 is 15.0 Å². The Bertz CT molecular complexity index is 859. The van der Waals surface area contributed by atoms with E-state index in [1.54, 1.807) is 17.9 Å². The van der Waals surface area contributed by atoms with Gasteiger partial charge in [-0.3, -0.25) is 9.59 Å². The van der Waals surface area contributed by atoms with Gasteiger partial charge < -0.3 is 19.5 Å². The Morgan fingerprint density at radius 1 is 1.31 bits per heavy atom. The summed E-state index contributed by atoms with van der Waals surface area (Å²) in [7, 11) is 0. The minimum absolute atomic E-state index is 0.0890. The third-order valence-corrected chi connectivity index (χ3v) is 5.52. The molecule has 1 aliphatic heterocycles. The molecule has 1 aromatic carbocycles. The number of benzene rings is 1. The summed E-state index contributed by atoms with van der Waals surface area (Å²) in [6, 6.07) is 7.34. The fourth-order valence-electron chi connectivity index (χ4n) is 3.40. The van der Waals surface area contributed by atoms with E-state index in [-0.39, 0.29) is 36.0 Å². The van der Waals surface area contributed by atoms with Crippen LogP contribution in [-0.4, -0.2) is 35.7 Å². The van der Waals surface area contributed by atoms with Gasteiger partial charge in [0.2, 0.25) is 11.1 Å². The molecule has 0 fully saturated rings. The highest BCUT2D eigenvalue weighted by Crippen LogP contribution is 2.34. The topological polar surface area (TPSA) is 84.7 Å². The van der Waals surface area contributed by atoms with E-state index >= 15 is 0 Å². The first kappa shape index (κ1) is 21.2. The molecule has 8 heteroatoms. The van der Waals surface area contributed by atoms with Gasteiger partial charge in [0.1, 0.15) is 5.75 Å². The zero-order valence-corrected chi connectivity index (χ0v) is 17.7. The molecule has 156 valence electrons. The summed E-state index contributed by atoms with van der Waals surface area (Å²) < 4.78 is 10.9. The van der Waals surface area contributed by atoms with Crippen LogP contribution >= 0.6 is 11.6 Å². The average molecular weight is 420 g/mol. The lowest BCUT2D eigenvalue weighted by molar-refractivity contribution is -0.129. The second kappa shape index (κ2) is 9.31. The first-order valence-corrected chi connectivity index (χ1v) is 10.3. The first-order chi connectivity index (χ1) is 13.9. The normalized spacial score (nSPS) is 15.8. The summed E-state index contributed by atoms with van der Waals surface area (Å²) >= 11 is 6.01. The molecule has 1 N–H and O–H groups in total. The van der Waals surface area contributed by atoms with Crippen molar-refractivity contribution in [3.05, 3.63) is 40.7 Å². The van der Waals surface area contributed by atoms with E-state index in [1.807, 2.05) is 32.0 Å². The molecule has 2 heterocycles. The van der Waals surface area contributed by atoms with Crippen LogP contribution in [0.5, 0.6) is 5.75 Å². The van der Waals surface area contributed by atoms with Crippen molar-refractivity contribution in [2.75, 3.05) is 11.4 Å². The van der Waals surface area contributed by atoms with Gasteiger partial charge in [0.15, 0.2) is 6.10 Å². The summed E-state index contributed by atoms with van der Waals surface area (Å²) in [5.41, 5.74) is 2.06. The molecule has 1 unspecified atom stereocenters. The molecule has 0 radical (unpaired) electrons. The lowest BCUT2D eigenvalue weighted by atomic mass is 10.1. The third kappa shape index (κ3) is 4.72. The van der Waals surface area contributed by atoms with Gasteiger partial charge in [-0.25, -0.2) is 0 Å². The van der Waals surface area contributed by atoms with Gasteiger partial charge in [-0.05, 0) is 49.9 Å². The Morgan fingerprint density at radius 3 is 2.69 bits per heavy atom. The Balaban J connectivity index is 1.75. The van der Waals surface area contributed by atoms with E-state index in [4.69, 9.17) is 20.9 Å². The average Bonchev–Trinajstić information content (AvgIpc) is 3.06. The standard InChI is InChI=1S/C21H26ClN3O4/c1-4-14(5-2)23-21(27)18-12-25(16-8-6-7-9-17(16)28-18)19(26)11-10-15-13(3)24-29-20(15)22/h6-9,14,18H,4-5,10-12H2,1-3H3,(H,23,27). The van der Waals surface area contributed by atoms with Crippen LogP contribution in [0.15, 0.2) is 28.8 Å². The predicted molar refractivity (Wildman–Crippen MR) is 110 cm³/mol. The van der Waals surface area contributed by atoms with E-state index in [1.165, 1.54) is 0 Å². The molecule has 2 amide bonds. The van der Waals surface area contributed by atoms with Crippen molar-refractivity contribution in [2.24, 2.45) is 0 Å². The molecule has 29 heavy (non-hydrogen) atoms. The maximum atomic E-state index is 13.0. The Kier molecular flexibility index (Phi) is 6.79. The summed E-state index contributed by atoms with van der Waals surface area (Å²) in [4.78, 5) is 27.4. The SMILES string of the molecule is CCC(CC)NC(=O)C1CN(C(=O)CCc2c(C)noc2Cl)c2ccccc2O1. The second-order valence-electron chi connectivity index (χ2n) is 7.12. The fourth-order valence-corrected chi connectivity index (χ4v) is 3.67. The molecule has 1 atom stereocenters. The molecular weight excluding hydrogens is 394 g/mol. The van der Waals surface area contributed by atoms with Crippen molar-refractivity contribution in [3.8, 4) is 5.75 Å². The van der Waals surface area contributed by atoms with Crippen molar-refractivity contribution in [2.45, 2.75) is 58.6 Å². The van der Waals surface area contributed by atoms with Crippen LogP contribution in [-0.2, 0) is 16.0 Å². The number of anilines is 1. The number of aryl methyl sites for hydroxylation is 1. The smallest absolute Gasteiger partial charge is 0.263 e. The maximum absolute atomic E-state index is 13.0. The maximum Gasteiger partial charge on any atom is 0.263 e. The Hall–Kier alpha value is -2.54. The lowest BCUT2D eigenvalue weighted by Crippen LogP contribution is -2.52. The number of ether oxygens (including phenoxy) is 1. The highest BCUT2D eigenvalue weighted by Gasteiger charge is 2.34. The highest BCUT2D eigenvalue weighted by atomic mass is 35.5. The zero-order valence-electron chi connectivity index (χ0n) is 16.9. The van der Waals surface area contributed by atoms with Gasteiger partial charge in [-0.2, -0.15) is 0 Å². The minimum atomic E-state index is -0.754. The summed E-state index contributed by atoms with van der Waals surface area (Å²) in [6.07, 6.45) is 1.56. The quantitative estimate of drug-likeness (QED) is 0.740. The predicted octanol–water partition coefficient (Wildman–Crippen LogP) is 3.67. The van der Waals surface area contributed by atoms with Crippen LogP contribution in [0.2, 0.25) is 5.22 Å². The van der Waals surface area contributed by atoms with Crippen LogP contribution in [0.3, 0.4) is 0 Å². The number of nitrogens with zero attached hydrogens (tertiary/aromatic N) is 2. The van der Waals surface area contributed by atoms with Gasteiger partial charge in [0, 0.05) is 18.0 Å². The van der Waals surface area contributed by atoms with Crippen molar-refractivity contribution in [1.29, 1.82) is 0 Å². The number of rotatable bonds is 7. The molecule has 0 saturated heterocycles.